The van der Waals surface area contributed by atoms with Crippen molar-refractivity contribution in [1.29, 1.82) is 0 Å². The molecule has 3 aromatic rings. The molecule has 342 valence electrons. The first-order valence-corrected chi connectivity index (χ1v) is 24.4. The van der Waals surface area contributed by atoms with Gasteiger partial charge in [0.05, 0.1) is 5.66 Å². The molecule has 3 aliphatic carbocycles. The van der Waals surface area contributed by atoms with Crippen molar-refractivity contribution in [2.24, 2.45) is 16.2 Å². The van der Waals surface area contributed by atoms with Crippen molar-refractivity contribution in [3.05, 3.63) is 178 Å². The molecule has 4 heteroatoms. The van der Waals surface area contributed by atoms with E-state index in [-0.39, 0.29) is 39.2 Å². The summed E-state index contributed by atoms with van der Waals surface area (Å²) >= 11 is 0. The molecule has 0 radical (unpaired) electrons. The van der Waals surface area contributed by atoms with Gasteiger partial charge in [0.25, 0.3) is 6.71 Å². The number of nitrogens with zero attached hydrogens (tertiary/aromatic N) is 1. The second-order valence-electron chi connectivity index (χ2n) is 24.7. The highest BCUT2D eigenvalue weighted by Gasteiger charge is 2.43. The van der Waals surface area contributed by atoms with Crippen LogP contribution in [0.5, 0.6) is 0 Å². The molecule has 0 saturated carbocycles. The van der Waals surface area contributed by atoms with Crippen LogP contribution in [0.15, 0.2) is 160 Å². The van der Waals surface area contributed by atoms with Gasteiger partial charge in [-0.15, -0.1) is 0 Å². The van der Waals surface area contributed by atoms with Crippen LogP contribution in [0.2, 0.25) is 0 Å². The van der Waals surface area contributed by atoms with E-state index < -0.39 is 0 Å². The highest BCUT2D eigenvalue weighted by Crippen LogP contribution is 2.52. The number of nitrogens with one attached hydrogen (secondary N) is 1. The second-order valence-corrected chi connectivity index (χ2v) is 24.7. The van der Waals surface area contributed by atoms with Crippen molar-refractivity contribution in [1.82, 2.24) is 10.2 Å². The number of fused-ring (bicyclic) bond motifs is 3. The first-order valence-electron chi connectivity index (χ1n) is 24.4. The van der Waals surface area contributed by atoms with E-state index in [2.05, 4.69) is 219 Å². The van der Waals surface area contributed by atoms with Crippen LogP contribution < -0.4 is 11.0 Å². The minimum absolute atomic E-state index is 0.00546. The molecule has 7 rings (SSSR count). The van der Waals surface area contributed by atoms with Crippen LogP contribution in [-0.4, -0.2) is 11.6 Å². The molecule has 0 bridgehead atoms. The summed E-state index contributed by atoms with van der Waals surface area (Å²) in [5, 5.41) is 5.21. The SMILES string of the molecule is C=C/C=C1\C(=C\N2C=C(/C(=C\C=C)NC(/C=C\CC(C)(C)C)=C/CC(C)(C)C)B(c3cc4cc5c(cc4o3)C(C)(C)CCC5(C)C)C3=C2CCC(C(C)(C)C)=C3)C(C)(C)c2ccccc21. The molecule has 3 nitrogen and oxygen atoms in total. The van der Waals surface area contributed by atoms with Crippen LogP contribution >= 0.6 is 0 Å². The summed E-state index contributed by atoms with van der Waals surface area (Å²) in [7, 11) is 0. The van der Waals surface area contributed by atoms with Crippen LogP contribution in [0.1, 0.15) is 165 Å². The van der Waals surface area contributed by atoms with Crippen molar-refractivity contribution in [2.45, 2.75) is 159 Å². The van der Waals surface area contributed by atoms with E-state index in [0.717, 1.165) is 60.2 Å². The van der Waals surface area contributed by atoms with Crippen LogP contribution in [0.3, 0.4) is 0 Å². The number of hydrogen-bond donors (Lipinski definition) is 1. The standard InChI is InChI=1S/C61H79BN2O/c1-18-23-44-45-26-20-21-27-46(45)61(16,17)49(44)39-64-40-51(52(24-19-2)63-43(30-32-57(6,7)8)25-22-31-56(3,4)5)62(50-37-42(58(9,10)11)28-29-53(50)64)55-36-41-35-47-48(38-54(41)65-55)60(14,15)34-33-59(47,12)13/h18-27,30,35-40,63H,1-2,28-29,31-34H2,3-17H3/b25-22-,43-30+,44-23-,49-39-,52-24+. The summed E-state index contributed by atoms with van der Waals surface area (Å²) in [4.78, 5) is 2.47. The predicted octanol–water partition coefficient (Wildman–Crippen LogP) is 16.2. The Balaban J connectivity index is 1.51. The minimum Gasteiger partial charge on any atom is -0.470 e. The molecular weight excluding hydrogens is 787 g/mol. The topological polar surface area (TPSA) is 28.4 Å². The summed E-state index contributed by atoms with van der Waals surface area (Å²) in [6.07, 6.45) is 28.7. The molecule has 1 aromatic heterocycles. The van der Waals surface area contributed by atoms with Gasteiger partial charge in [0, 0.05) is 40.3 Å². The molecule has 2 heterocycles. The van der Waals surface area contributed by atoms with Crippen LogP contribution in [0, 0.1) is 16.2 Å². The first-order chi connectivity index (χ1) is 30.2. The third-order valence-corrected chi connectivity index (χ3v) is 14.5. The van der Waals surface area contributed by atoms with Crippen molar-refractivity contribution < 1.29 is 4.42 Å². The lowest BCUT2D eigenvalue weighted by molar-refractivity contribution is 0.332. The molecule has 0 amide bonds. The Bertz CT molecular complexity index is 2580. The predicted molar refractivity (Wildman–Crippen MR) is 283 cm³/mol. The number of furan rings is 1. The third-order valence-electron chi connectivity index (χ3n) is 14.5. The molecule has 0 unspecified atom stereocenters. The zero-order valence-electron chi connectivity index (χ0n) is 42.9. The lowest BCUT2D eigenvalue weighted by Gasteiger charge is -2.41. The average Bonchev–Trinajstić information content (AvgIpc) is 3.72. The summed E-state index contributed by atoms with van der Waals surface area (Å²) in [5.41, 5.74) is 17.5. The van der Waals surface area contributed by atoms with E-state index in [0.29, 0.717) is 0 Å². The van der Waals surface area contributed by atoms with E-state index in [1.54, 1.807) is 0 Å². The molecular formula is C61H79BN2O. The highest BCUT2D eigenvalue weighted by atomic mass is 16.3. The molecule has 4 aliphatic rings. The van der Waals surface area contributed by atoms with Crippen LogP contribution in [0.4, 0.5) is 0 Å². The maximum absolute atomic E-state index is 7.29. The Kier molecular flexibility index (Phi) is 12.8. The Morgan fingerprint density at radius 3 is 2.11 bits per heavy atom. The maximum atomic E-state index is 7.29. The minimum atomic E-state index is -0.226. The molecule has 0 spiro atoms. The molecule has 65 heavy (non-hydrogen) atoms. The Labute approximate surface area is 394 Å². The van der Waals surface area contributed by atoms with Gasteiger partial charge in [-0.1, -0.05) is 183 Å². The lowest BCUT2D eigenvalue weighted by atomic mass is 9.35. The lowest BCUT2D eigenvalue weighted by Crippen LogP contribution is -2.43. The summed E-state index contributed by atoms with van der Waals surface area (Å²) in [6, 6.07) is 16.1. The number of benzene rings is 2. The van der Waals surface area contributed by atoms with E-state index in [1.807, 2.05) is 12.2 Å². The van der Waals surface area contributed by atoms with Gasteiger partial charge in [-0.05, 0) is 140 Å². The number of hydrogen-bond acceptors (Lipinski definition) is 3. The maximum Gasteiger partial charge on any atom is 0.293 e. The van der Waals surface area contributed by atoms with Crippen molar-refractivity contribution in [2.75, 3.05) is 0 Å². The zero-order chi connectivity index (χ0) is 47.5. The third kappa shape index (κ3) is 9.94. The monoisotopic (exact) mass is 867 g/mol. The van der Waals surface area contributed by atoms with E-state index in [4.69, 9.17) is 4.42 Å². The van der Waals surface area contributed by atoms with E-state index in [9.17, 15) is 0 Å². The van der Waals surface area contributed by atoms with Crippen LogP contribution in [-0.2, 0) is 16.2 Å². The molecule has 1 aliphatic heterocycles. The van der Waals surface area contributed by atoms with Gasteiger partial charge in [-0.3, -0.25) is 0 Å². The number of allylic oxidation sites excluding steroid dienone is 14. The summed E-state index contributed by atoms with van der Waals surface area (Å²) in [5.74, 6) is 0. The molecule has 0 atom stereocenters. The number of rotatable bonds is 10. The first kappa shape index (κ1) is 48.0. The van der Waals surface area contributed by atoms with Gasteiger partial charge >= 0.3 is 0 Å². The Morgan fingerprint density at radius 1 is 0.815 bits per heavy atom. The highest BCUT2D eigenvalue weighted by molar-refractivity contribution is 6.86. The molecule has 0 fully saturated rings. The largest absolute Gasteiger partial charge is 0.470 e. The van der Waals surface area contributed by atoms with Gasteiger partial charge < -0.3 is 14.6 Å². The fraction of sp³-hybridized carbons (Fsp3) is 0.443. The fourth-order valence-corrected chi connectivity index (χ4v) is 10.4. The fourth-order valence-electron chi connectivity index (χ4n) is 10.4. The molecule has 0 saturated heterocycles. The van der Waals surface area contributed by atoms with Gasteiger partial charge in [0.2, 0.25) is 0 Å². The van der Waals surface area contributed by atoms with E-state index >= 15 is 0 Å². The summed E-state index contributed by atoms with van der Waals surface area (Å²) in [6.45, 7) is 43.6. The van der Waals surface area contributed by atoms with Gasteiger partial charge in [-0.25, -0.2) is 0 Å². The van der Waals surface area contributed by atoms with Gasteiger partial charge in [0.1, 0.15) is 5.58 Å². The van der Waals surface area contributed by atoms with Crippen molar-refractivity contribution in [3.63, 3.8) is 0 Å². The normalized spacial score (nSPS) is 21.2. The Hall–Kier alpha value is -4.96. The van der Waals surface area contributed by atoms with Crippen molar-refractivity contribution in [3.8, 4) is 0 Å². The second kappa shape index (κ2) is 17.4. The van der Waals surface area contributed by atoms with Gasteiger partial charge in [0.15, 0.2) is 0 Å². The quantitative estimate of drug-likeness (QED) is 0.163. The van der Waals surface area contributed by atoms with E-state index in [1.165, 1.54) is 61.9 Å². The Morgan fingerprint density at radius 2 is 1.48 bits per heavy atom. The smallest absolute Gasteiger partial charge is 0.293 e. The van der Waals surface area contributed by atoms with Crippen molar-refractivity contribution >= 4 is 28.9 Å². The molecule has 1 N–H and O–H groups in total. The zero-order valence-corrected chi connectivity index (χ0v) is 42.9. The average molecular weight is 867 g/mol. The molecule has 2 aromatic carbocycles. The van der Waals surface area contributed by atoms with Crippen LogP contribution in [0.25, 0.3) is 16.5 Å². The summed E-state index contributed by atoms with van der Waals surface area (Å²) < 4.78 is 7.29. The van der Waals surface area contributed by atoms with Gasteiger partial charge in [-0.2, -0.15) is 0 Å².